The molecule has 0 aromatic heterocycles. The molecule has 0 unspecified atom stereocenters. The lowest BCUT2D eigenvalue weighted by atomic mass is 10.0. The van der Waals surface area contributed by atoms with E-state index in [1.54, 1.807) is 13.8 Å². The number of aliphatic imine (C=N–C) groups is 1. The summed E-state index contributed by atoms with van der Waals surface area (Å²) in [6.07, 6.45) is 1.03. The summed E-state index contributed by atoms with van der Waals surface area (Å²) in [5.41, 5.74) is 11.5. The maximum Gasteiger partial charge on any atom is 0.243 e. The van der Waals surface area contributed by atoms with Gasteiger partial charge in [-0.15, -0.1) is 0 Å². The molecule has 0 fully saturated rings. The fraction of sp³-hybridized carbons (Fsp3) is 0.760. The van der Waals surface area contributed by atoms with Crippen LogP contribution in [0.15, 0.2) is 4.99 Å². The van der Waals surface area contributed by atoms with Crippen molar-refractivity contribution >= 4 is 35.5 Å². The molecule has 0 aromatic rings. The van der Waals surface area contributed by atoms with Gasteiger partial charge in [-0.3, -0.25) is 29.0 Å². The van der Waals surface area contributed by atoms with Gasteiger partial charge in [0.25, 0.3) is 0 Å². The molecular formula is C25H48N8O5. The van der Waals surface area contributed by atoms with Crippen molar-refractivity contribution in [1.29, 1.82) is 0 Å². The van der Waals surface area contributed by atoms with Crippen molar-refractivity contribution in [2.45, 2.75) is 85.9 Å². The van der Waals surface area contributed by atoms with Gasteiger partial charge in [0.15, 0.2) is 5.96 Å². The summed E-state index contributed by atoms with van der Waals surface area (Å²) in [5, 5.41) is 10.3. The highest BCUT2D eigenvalue weighted by atomic mass is 16.2. The predicted octanol–water partition coefficient (Wildman–Crippen LogP) is -0.799. The third kappa shape index (κ3) is 13.8. The molecule has 8 N–H and O–H groups in total. The summed E-state index contributed by atoms with van der Waals surface area (Å²) in [5.74, 6) is -2.42. The SMILES string of the molecule is CCN(CC)C(N)=NCCC[C@H](NC(=O)[C@H](CC(C)C)NC(=O)CNC(=O)[C@@H](NC(C)=O)C(C)C)C(N)=O. The summed E-state index contributed by atoms with van der Waals surface area (Å²) in [6.45, 7) is 14.0. The summed E-state index contributed by atoms with van der Waals surface area (Å²) >= 11 is 0. The number of carbonyl (C=O) groups excluding carboxylic acids is 5. The van der Waals surface area contributed by atoms with E-state index in [1.807, 2.05) is 32.6 Å². The zero-order valence-corrected chi connectivity index (χ0v) is 23.9. The third-order valence-electron chi connectivity index (χ3n) is 5.76. The summed E-state index contributed by atoms with van der Waals surface area (Å²) in [6, 6.07) is -2.67. The van der Waals surface area contributed by atoms with Gasteiger partial charge in [-0.05, 0) is 44.9 Å². The highest BCUT2D eigenvalue weighted by molar-refractivity contribution is 5.93. The molecule has 5 amide bonds. The van der Waals surface area contributed by atoms with Crippen LogP contribution >= 0.6 is 0 Å². The quantitative estimate of drug-likeness (QED) is 0.0787. The average Bonchev–Trinajstić information content (AvgIpc) is 2.82. The van der Waals surface area contributed by atoms with Crippen molar-refractivity contribution in [1.82, 2.24) is 26.2 Å². The van der Waals surface area contributed by atoms with Crippen molar-refractivity contribution in [3.8, 4) is 0 Å². The van der Waals surface area contributed by atoms with E-state index in [0.29, 0.717) is 25.3 Å². The second-order valence-electron chi connectivity index (χ2n) is 9.91. The van der Waals surface area contributed by atoms with Gasteiger partial charge in [-0.1, -0.05) is 27.7 Å². The van der Waals surface area contributed by atoms with E-state index >= 15 is 0 Å². The van der Waals surface area contributed by atoms with E-state index in [4.69, 9.17) is 11.5 Å². The highest BCUT2D eigenvalue weighted by Gasteiger charge is 2.27. The molecule has 13 nitrogen and oxygen atoms in total. The Kier molecular flexibility index (Phi) is 16.4. The van der Waals surface area contributed by atoms with Gasteiger partial charge in [0.2, 0.25) is 29.5 Å². The molecule has 0 aliphatic carbocycles. The number of primary amides is 1. The summed E-state index contributed by atoms with van der Waals surface area (Å²) < 4.78 is 0. The van der Waals surface area contributed by atoms with Gasteiger partial charge in [-0.25, -0.2) is 0 Å². The monoisotopic (exact) mass is 540 g/mol. The minimum absolute atomic E-state index is 0.0511. The number of guanidine groups is 1. The van der Waals surface area contributed by atoms with E-state index < -0.39 is 41.8 Å². The van der Waals surface area contributed by atoms with E-state index in [1.165, 1.54) is 6.92 Å². The molecule has 0 spiro atoms. The van der Waals surface area contributed by atoms with E-state index in [-0.39, 0.29) is 30.7 Å². The maximum atomic E-state index is 13.0. The van der Waals surface area contributed by atoms with Gasteiger partial charge in [0.05, 0.1) is 6.54 Å². The van der Waals surface area contributed by atoms with Gasteiger partial charge in [0, 0.05) is 26.6 Å². The Hall–Kier alpha value is -3.38. The van der Waals surface area contributed by atoms with Crippen LogP contribution in [0.4, 0.5) is 0 Å². The van der Waals surface area contributed by atoms with Crippen LogP contribution in [0, 0.1) is 11.8 Å². The number of hydrogen-bond donors (Lipinski definition) is 6. The van der Waals surface area contributed by atoms with Crippen LogP contribution in [0.2, 0.25) is 0 Å². The minimum Gasteiger partial charge on any atom is -0.370 e. The van der Waals surface area contributed by atoms with E-state index in [2.05, 4.69) is 26.3 Å². The lowest BCUT2D eigenvalue weighted by Crippen LogP contribution is -2.55. The van der Waals surface area contributed by atoms with Crippen LogP contribution in [0.1, 0.15) is 67.7 Å². The van der Waals surface area contributed by atoms with Crippen molar-refractivity contribution < 1.29 is 24.0 Å². The number of nitrogens with one attached hydrogen (secondary N) is 4. The lowest BCUT2D eigenvalue weighted by Gasteiger charge is -2.24. The van der Waals surface area contributed by atoms with Gasteiger partial charge < -0.3 is 37.6 Å². The molecule has 0 bridgehead atoms. The number of rotatable bonds is 17. The van der Waals surface area contributed by atoms with Gasteiger partial charge >= 0.3 is 0 Å². The normalized spacial score (nSPS) is 13.9. The topological polar surface area (TPSA) is 201 Å². The highest BCUT2D eigenvalue weighted by Crippen LogP contribution is 2.07. The predicted molar refractivity (Wildman–Crippen MR) is 147 cm³/mol. The van der Waals surface area contributed by atoms with Crippen molar-refractivity contribution in [3.63, 3.8) is 0 Å². The second kappa shape index (κ2) is 18.0. The lowest BCUT2D eigenvalue weighted by molar-refractivity contribution is -0.133. The fourth-order valence-electron chi connectivity index (χ4n) is 3.67. The largest absolute Gasteiger partial charge is 0.370 e. The Balaban J connectivity index is 5.11. The summed E-state index contributed by atoms with van der Waals surface area (Å²) in [4.78, 5) is 67.5. The molecule has 0 aromatic carbocycles. The maximum absolute atomic E-state index is 13.0. The third-order valence-corrected chi connectivity index (χ3v) is 5.76. The first kappa shape index (κ1) is 34.6. The molecule has 3 atom stereocenters. The number of nitrogens with two attached hydrogens (primary N) is 2. The van der Waals surface area contributed by atoms with Crippen molar-refractivity contribution in [3.05, 3.63) is 0 Å². The number of hydrogen-bond acceptors (Lipinski definition) is 6. The molecule has 0 heterocycles. The van der Waals surface area contributed by atoms with Gasteiger partial charge in [0.1, 0.15) is 18.1 Å². The first-order chi connectivity index (χ1) is 17.7. The van der Waals surface area contributed by atoms with Crippen LogP contribution in [0.3, 0.4) is 0 Å². The molecule has 0 saturated carbocycles. The van der Waals surface area contributed by atoms with E-state index in [0.717, 1.165) is 13.1 Å². The smallest absolute Gasteiger partial charge is 0.243 e. The average molecular weight is 541 g/mol. The molecule has 0 aliphatic rings. The van der Waals surface area contributed by atoms with Crippen LogP contribution in [0.5, 0.6) is 0 Å². The fourth-order valence-corrected chi connectivity index (χ4v) is 3.67. The Labute approximate surface area is 226 Å². The molecule has 38 heavy (non-hydrogen) atoms. The van der Waals surface area contributed by atoms with Crippen LogP contribution in [-0.2, 0) is 24.0 Å². The minimum atomic E-state index is -0.942. The van der Waals surface area contributed by atoms with Crippen molar-refractivity contribution in [2.24, 2.45) is 28.3 Å². The first-order valence-corrected chi connectivity index (χ1v) is 13.2. The molecule has 0 rings (SSSR count). The Bertz CT molecular complexity index is 827. The van der Waals surface area contributed by atoms with Crippen LogP contribution < -0.4 is 32.7 Å². The Morgan fingerprint density at radius 1 is 0.868 bits per heavy atom. The Morgan fingerprint density at radius 3 is 1.95 bits per heavy atom. The molecule has 0 saturated heterocycles. The van der Waals surface area contributed by atoms with Crippen LogP contribution in [0.25, 0.3) is 0 Å². The standard InChI is InChI=1S/C25H48N8O5/c1-8-33(9-2)25(27)28-12-10-11-18(22(26)36)32-23(37)19(13-15(3)4)31-20(35)14-29-24(38)21(16(5)6)30-17(7)34/h15-16,18-19,21H,8-14H2,1-7H3,(H2,26,36)(H2,27,28)(H,29,38)(H,30,34)(H,31,35)(H,32,37)/t18-,19-,21-/m0/s1. The molecular weight excluding hydrogens is 492 g/mol. The number of carbonyl (C=O) groups is 5. The second-order valence-corrected chi connectivity index (χ2v) is 9.91. The van der Waals surface area contributed by atoms with E-state index in [9.17, 15) is 24.0 Å². The number of nitrogens with zero attached hydrogens (tertiary/aromatic N) is 2. The zero-order chi connectivity index (χ0) is 29.4. The molecule has 13 heteroatoms. The Morgan fingerprint density at radius 2 is 1.47 bits per heavy atom. The molecule has 0 aliphatic heterocycles. The van der Waals surface area contributed by atoms with Gasteiger partial charge in [-0.2, -0.15) is 0 Å². The molecule has 218 valence electrons. The molecule has 0 radical (unpaired) electrons. The zero-order valence-electron chi connectivity index (χ0n) is 23.9. The summed E-state index contributed by atoms with van der Waals surface area (Å²) in [7, 11) is 0. The van der Waals surface area contributed by atoms with Crippen molar-refractivity contribution in [2.75, 3.05) is 26.2 Å². The number of amides is 5. The first-order valence-electron chi connectivity index (χ1n) is 13.2. The van der Waals surface area contributed by atoms with Crippen LogP contribution in [-0.4, -0.2) is 84.7 Å².